The average molecular weight is 551 g/mol. The van der Waals surface area contributed by atoms with Crippen LogP contribution in [0.25, 0.3) is 84.4 Å². The van der Waals surface area contributed by atoms with Crippen molar-refractivity contribution in [2.45, 2.75) is 0 Å². The number of hydrogen-bond acceptors (Lipinski definition) is 5. The maximum absolute atomic E-state index is 4.73. The average Bonchev–Trinajstić information content (AvgIpc) is 3.75. The molecule has 0 N–H and O–H groups in total. The standard InChI is InChI=1S/C34H18N2S3/c1-3-7-21-15-25-23(13-19(21)5-1)27(33-35-9-11-37-33)17-29-31(25)32-26-16-22-8-4-2-6-20(22)14-24(26)28(18-30(32)39-29)34-36-10-12-38-34/h1-18H. The van der Waals surface area contributed by atoms with Crippen LogP contribution in [0.4, 0.5) is 0 Å². The Labute approximate surface area is 235 Å². The number of aromatic nitrogens is 2. The van der Waals surface area contributed by atoms with Crippen molar-refractivity contribution in [3.05, 3.63) is 108 Å². The summed E-state index contributed by atoms with van der Waals surface area (Å²) in [4.78, 5) is 9.45. The highest BCUT2D eigenvalue weighted by Gasteiger charge is 2.20. The molecule has 3 aromatic heterocycles. The molecule has 0 bridgehead atoms. The van der Waals surface area contributed by atoms with Gasteiger partial charge in [-0.05, 0) is 79.5 Å². The summed E-state index contributed by atoms with van der Waals surface area (Å²) in [6, 6.07) is 31.6. The highest BCUT2D eigenvalue weighted by atomic mass is 32.1. The molecule has 0 aliphatic carbocycles. The van der Waals surface area contributed by atoms with Gasteiger partial charge in [0.2, 0.25) is 0 Å². The molecule has 0 saturated heterocycles. The van der Waals surface area contributed by atoms with Crippen molar-refractivity contribution in [2.24, 2.45) is 0 Å². The van der Waals surface area contributed by atoms with Gasteiger partial charge in [-0.25, -0.2) is 9.97 Å². The van der Waals surface area contributed by atoms with Crippen LogP contribution >= 0.6 is 34.0 Å². The molecule has 0 radical (unpaired) electrons. The van der Waals surface area contributed by atoms with E-state index >= 15 is 0 Å². The third kappa shape index (κ3) is 3.18. The lowest BCUT2D eigenvalue weighted by molar-refractivity contribution is 1.43. The fourth-order valence-corrected chi connectivity index (χ4v) is 8.58. The Kier molecular flexibility index (Phi) is 4.55. The van der Waals surface area contributed by atoms with E-state index in [9.17, 15) is 0 Å². The van der Waals surface area contributed by atoms with Gasteiger partial charge in [-0.3, -0.25) is 0 Å². The van der Waals surface area contributed by atoms with Gasteiger partial charge < -0.3 is 0 Å². The SMILES string of the molecule is c1ccc2cc3c(cc2c1)c(-c1nccs1)cc1sc2cc(-c4nccs4)c4cc5ccccc5cc4c2c13. The molecule has 0 spiro atoms. The van der Waals surface area contributed by atoms with Crippen molar-refractivity contribution < 1.29 is 0 Å². The van der Waals surface area contributed by atoms with Gasteiger partial charge in [-0.15, -0.1) is 34.0 Å². The summed E-state index contributed by atoms with van der Waals surface area (Å²) in [5, 5.41) is 19.1. The largest absolute Gasteiger partial charge is 0.245 e. The van der Waals surface area contributed by atoms with E-state index in [0.29, 0.717) is 0 Å². The Balaban J connectivity index is 1.54. The van der Waals surface area contributed by atoms with Gasteiger partial charge in [0.1, 0.15) is 10.0 Å². The van der Waals surface area contributed by atoms with Crippen molar-refractivity contribution in [3.8, 4) is 21.1 Å². The van der Waals surface area contributed by atoms with Gasteiger partial charge in [0.25, 0.3) is 0 Å². The van der Waals surface area contributed by atoms with Crippen LogP contribution in [0, 0.1) is 0 Å². The van der Waals surface area contributed by atoms with Crippen LogP contribution in [0.5, 0.6) is 0 Å². The lowest BCUT2D eigenvalue weighted by Crippen LogP contribution is -1.86. The van der Waals surface area contributed by atoms with Crippen molar-refractivity contribution in [1.82, 2.24) is 9.97 Å². The van der Waals surface area contributed by atoms with Crippen molar-refractivity contribution in [1.29, 1.82) is 0 Å². The Hall–Kier alpha value is -4.16. The molecule has 0 aliphatic rings. The van der Waals surface area contributed by atoms with Gasteiger partial charge in [0.05, 0.1) is 0 Å². The number of fused-ring (bicyclic) bond motifs is 9. The highest BCUT2D eigenvalue weighted by Crippen LogP contribution is 2.48. The minimum atomic E-state index is 1.06. The molecule has 0 fully saturated rings. The topological polar surface area (TPSA) is 25.8 Å². The molecule has 5 heteroatoms. The predicted octanol–water partition coefficient (Wildman–Crippen LogP) is 10.9. The number of rotatable bonds is 2. The first-order valence-corrected chi connectivity index (χ1v) is 15.4. The maximum Gasteiger partial charge on any atom is 0.123 e. The molecule has 9 rings (SSSR count). The lowest BCUT2D eigenvalue weighted by Gasteiger charge is -2.12. The van der Waals surface area contributed by atoms with Gasteiger partial charge in [-0.2, -0.15) is 0 Å². The number of hydrogen-bond donors (Lipinski definition) is 0. The summed E-state index contributed by atoms with van der Waals surface area (Å²) in [6.45, 7) is 0. The Morgan fingerprint density at radius 3 is 1.26 bits per heavy atom. The van der Waals surface area contributed by atoms with E-state index in [0.717, 1.165) is 10.0 Å². The summed E-state index contributed by atoms with van der Waals surface area (Å²) >= 11 is 5.28. The van der Waals surface area contributed by atoms with Crippen LogP contribution in [0.15, 0.2) is 108 Å². The van der Waals surface area contributed by atoms with E-state index in [1.807, 2.05) is 23.7 Å². The minimum Gasteiger partial charge on any atom is -0.245 e. The van der Waals surface area contributed by atoms with Crippen LogP contribution in [-0.2, 0) is 0 Å². The Bertz CT molecular complexity index is 2210. The molecule has 0 amide bonds. The van der Waals surface area contributed by atoms with Crippen molar-refractivity contribution in [3.63, 3.8) is 0 Å². The first kappa shape index (κ1) is 21.7. The Morgan fingerprint density at radius 2 is 0.872 bits per heavy atom. The van der Waals surface area contributed by atoms with Crippen molar-refractivity contribution in [2.75, 3.05) is 0 Å². The summed E-state index contributed by atoms with van der Waals surface area (Å²) in [7, 11) is 0. The maximum atomic E-state index is 4.73. The highest BCUT2D eigenvalue weighted by molar-refractivity contribution is 7.26. The molecule has 9 aromatic rings. The molecule has 0 unspecified atom stereocenters. The monoisotopic (exact) mass is 550 g/mol. The summed E-state index contributed by atoms with van der Waals surface area (Å²) in [5.41, 5.74) is 2.42. The molecular weight excluding hydrogens is 533 g/mol. The fourth-order valence-electron chi connectivity index (χ4n) is 6.03. The first-order chi connectivity index (χ1) is 19.3. The second kappa shape index (κ2) is 8.17. The zero-order valence-electron chi connectivity index (χ0n) is 20.5. The zero-order valence-corrected chi connectivity index (χ0v) is 23.0. The van der Waals surface area contributed by atoms with E-state index in [1.165, 1.54) is 74.4 Å². The third-order valence-corrected chi connectivity index (χ3v) is 10.4. The van der Waals surface area contributed by atoms with Gasteiger partial charge >= 0.3 is 0 Å². The van der Waals surface area contributed by atoms with Gasteiger partial charge in [-0.1, -0.05) is 48.5 Å². The molecular formula is C34H18N2S3. The molecule has 0 saturated carbocycles. The summed E-state index contributed by atoms with van der Waals surface area (Å²) in [5.74, 6) is 0. The number of benzene rings is 6. The van der Waals surface area contributed by atoms with E-state index in [4.69, 9.17) is 9.97 Å². The normalized spacial score (nSPS) is 12.1. The predicted molar refractivity (Wildman–Crippen MR) is 172 cm³/mol. The third-order valence-electron chi connectivity index (χ3n) is 7.73. The quantitative estimate of drug-likeness (QED) is 0.200. The van der Waals surface area contributed by atoms with E-state index in [1.54, 1.807) is 22.7 Å². The molecule has 3 heterocycles. The van der Waals surface area contributed by atoms with Gasteiger partial charge in [0, 0.05) is 54.5 Å². The van der Waals surface area contributed by atoms with E-state index in [-0.39, 0.29) is 0 Å². The lowest BCUT2D eigenvalue weighted by atomic mass is 9.92. The van der Waals surface area contributed by atoms with Crippen LogP contribution < -0.4 is 0 Å². The summed E-state index contributed by atoms with van der Waals surface area (Å²) in [6.07, 6.45) is 3.81. The van der Waals surface area contributed by atoms with E-state index < -0.39 is 0 Å². The number of nitrogens with zero attached hydrogens (tertiary/aromatic N) is 2. The molecule has 182 valence electrons. The molecule has 6 aromatic carbocycles. The van der Waals surface area contributed by atoms with Crippen molar-refractivity contribution >= 4 is 97.3 Å². The smallest absolute Gasteiger partial charge is 0.123 e. The van der Waals surface area contributed by atoms with Gasteiger partial charge in [0.15, 0.2) is 0 Å². The van der Waals surface area contributed by atoms with Crippen LogP contribution in [0.1, 0.15) is 0 Å². The molecule has 0 atom stereocenters. The first-order valence-electron chi connectivity index (χ1n) is 12.8. The van der Waals surface area contributed by atoms with Crippen LogP contribution in [0.3, 0.4) is 0 Å². The second-order valence-electron chi connectivity index (χ2n) is 9.86. The second-order valence-corrected chi connectivity index (χ2v) is 12.7. The van der Waals surface area contributed by atoms with E-state index in [2.05, 4.69) is 95.7 Å². The minimum absolute atomic E-state index is 1.06. The fraction of sp³-hybridized carbons (Fsp3) is 0. The molecule has 39 heavy (non-hydrogen) atoms. The number of thiazole rings is 2. The molecule has 0 aliphatic heterocycles. The molecule has 2 nitrogen and oxygen atoms in total. The Morgan fingerprint density at radius 1 is 0.462 bits per heavy atom. The summed E-state index contributed by atoms with van der Waals surface area (Å²) < 4.78 is 2.59. The zero-order chi connectivity index (χ0) is 25.5. The van der Waals surface area contributed by atoms with Crippen LogP contribution in [-0.4, -0.2) is 9.97 Å². The van der Waals surface area contributed by atoms with Crippen LogP contribution in [0.2, 0.25) is 0 Å². The number of thiophene rings is 1.